The number of ether oxygens (including phenoxy) is 1. The topological polar surface area (TPSA) is 70.1 Å². The summed E-state index contributed by atoms with van der Waals surface area (Å²) in [6, 6.07) is 7.96. The van der Waals surface area contributed by atoms with Crippen molar-refractivity contribution in [1.29, 1.82) is 0 Å². The van der Waals surface area contributed by atoms with E-state index in [0.29, 0.717) is 13.0 Å². The van der Waals surface area contributed by atoms with Crippen molar-refractivity contribution >= 4 is 17.0 Å². The molecule has 0 aliphatic carbocycles. The van der Waals surface area contributed by atoms with Crippen LogP contribution in [0.4, 0.5) is 0 Å². The number of rotatable bonds is 5. The van der Waals surface area contributed by atoms with Gasteiger partial charge in [0.05, 0.1) is 24.0 Å². The first kappa shape index (κ1) is 14.5. The van der Waals surface area contributed by atoms with Crippen LogP contribution in [-0.4, -0.2) is 27.7 Å². The Labute approximate surface area is 118 Å². The van der Waals surface area contributed by atoms with Gasteiger partial charge in [-0.2, -0.15) is 0 Å². The van der Waals surface area contributed by atoms with Crippen LogP contribution in [0.15, 0.2) is 30.6 Å². The Bertz CT molecular complexity index is 604. The van der Waals surface area contributed by atoms with Crippen molar-refractivity contribution in [2.24, 2.45) is 5.73 Å². The molecule has 0 aliphatic heterocycles. The van der Waals surface area contributed by atoms with E-state index in [0.717, 1.165) is 11.0 Å². The summed E-state index contributed by atoms with van der Waals surface area (Å²) in [4.78, 5) is 16.2. The second kappa shape index (κ2) is 5.63. The number of hydrogen-bond donors (Lipinski definition) is 1. The Kier molecular flexibility index (Phi) is 4.09. The summed E-state index contributed by atoms with van der Waals surface area (Å²) in [5, 5.41) is 0. The number of benzene rings is 1. The number of fused-ring (bicyclic) bond motifs is 1. The molecule has 0 amide bonds. The molecule has 0 bridgehead atoms. The average Bonchev–Trinajstić information content (AvgIpc) is 2.82. The molecule has 20 heavy (non-hydrogen) atoms. The van der Waals surface area contributed by atoms with Crippen LogP contribution in [0.5, 0.6) is 0 Å². The van der Waals surface area contributed by atoms with E-state index in [1.807, 2.05) is 35.8 Å². The molecule has 108 valence electrons. The van der Waals surface area contributed by atoms with Gasteiger partial charge in [-0.25, -0.2) is 4.98 Å². The zero-order valence-corrected chi connectivity index (χ0v) is 12.2. The summed E-state index contributed by atoms with van der Waals surface area (Å²) < 4.78 is 7.06. The summed E-state index contributed by atoms with van der Waals surface area (Å²) in [5.74, 6) is -0.365. The Hall–Kier alpha value is -1.88. The second-order valence-electron chi connectivity index (χ2n) is 5.33. The Morgan fingerprint density at radius 2 is 2.20 bits per heavy atom. The van der Waals surface area contributed by atoms with Crippen LogP contribution in [0, 0.1) is 0 Å². The fraction of sp³-hybridized carbons (Fsp3) is 0.467. The molecule has 2 rings (SSSR count). The van der Waals surface area contributed by atoms with Gasteiger partial charge >= 0.3 is 5.97 Å². The van der Waals surface area contributed by atoms with E-state index in [1.165, 1.54) is 0 Å². The average molecular weight is 275 g/mol. The number of nitrogens with two attached hydrogens (primary N) is 1. The predicted octanol–water partition coefficient (Wildman–Crippen LogP) is 2.27. The van der Waals surface area contributed by atoms with E-state index in [9.17, 15) is 4.79 Å². The fourth-order valence-corrected chi connectivity index (χ4v) is 2.42. The van der Waals surface area contributed by atoms with Crippen LogP contribution < -0.4 is 5.73 Å². The molecule has 0 aliphatic rings. The summed E-state index contributed by atoms with van der Waals surface area (Å²) in [6.45, 7) is 5.86. The van der Waals surface area contributed by atoms with E-state index in [-0.39, 0.29) is 12.0 Å². The SMILES string of the molecule is CCOC(=O)C(C)(N)CC(C)n1cnc2ccccc21. The number of nitrogens with zero attached hydrogens (tertiary/aromatic N) is 2. The monoisotopic (exact) mass is 275 g/mol. The normalized spacial score (nSPS) is 15.8. The largest absolute Gasteiger partial charge is 0.465 e. The molecule has 0 radical (unpaired) electrons. The van der Waals surface area contributed by atoms with Crippen molar-refractivity contribution in [2.75, 3.05) is 6.61 Å². The Morgan fingerprint density at radius 1 is 1.50 bits per heavy atom. The molecule has 2 aromatic rings. The third-order valence-electron chi connectivity index (χ3n) is 3.42. The van der Waals surface area contributed by atoms with Crippen molar-refractivity contribution < 1.29 is 9.53 Å². The fourth-order valence-electron chi connectivity index (χ4n) is 2.42. The third-order valence-corrected chi connectivity index (χ3v) is 3.42. The van der Waals surface area contributed by atoms with Gasteiger partial charge in [-0.15, -0.1) is 0 Å². The molecule has 0 saturated heterocycles. The lowest BCUT2D eigenvalue weighted by molar-refractivity contribution is -0.149. The van der Waals surface area contributed by atoms with Crippen molar-refractivity contribution in [3.63, 3.8) is 0 Å². The first-order valence-electron chi connectivity index (χ1n) is 6.83. The van der Waals surface area contributed by atoms with Gasteiger partial charge in [0.15, 0.2) is 0 Å². The standard InChI is InChI=1S/C15H21N3O2/c1-4-20-14(19)15(3,16)9-11(2)18-10-17-12-7-5-6-8-13(12)18/h5-8,10-11H,4,9,16H2,1-3H3. The molecule has 2 atom stereocenters. The highest BCUT2D eigenvalue weighted by Crippen LogP contribution is 2.24. The van der Waals surface area contributed by atoms with E-state index in [4.69, 9.17) is 10.5 Å². The lowest BCUT2D eigenvalue weighted by Crippen LogP contribution is -2.47. The lowest BCUT2D eigenvalue weighted by atomic mass is 9.95. The molecule has 5 heteroatoms. The van der Waals surface area contributed by atoms with E-state index in [2.05, 4.69) is 4.98 Å². The van der Waals surface area contributed by atoms with E-state index in [1.54, 1.807) is 20.2 Å². The van der Waals surface area contributed by atoms with E-state index < -0.39 is 5.54 Å². The van der Waals surface area contributed by atoms with Gasteiger partial charge in [-0.3, -0.25) is 4.79 Å². The maximum Gasteiger partial charge on any atom is 0.325 e. The summed E-state index contributed by atoms with van der Waals surface area (Å²) in [6.07, 6.45) is 2.28. The number of esters is 1. The van der Waals surface area contributed by atoms with Crippen LogP contribution in [0.1, 0.15) is 33.2 Å². The Balaban J connectivity index is 2.19. The third kappa shape index (κ3) is 2.82. The number of para-hydroxylation sites is 2. The van der Waals surface area contributed by atoms with Gasteiger partial charge in [-0.1, -0.05) is 12.1 Å². The molecule has 2 unspecified atom stereocenters. The molecular weight excluding hydrogens is 254 g/mol. The minimum absolute atomic E-state index is 0.0572. The lowest BCUT2D eigenvalue weighted by Gasteiger charge is -2.26. The van der Waals surface area contributed by atoms with Crippen LogP contribution in [0.3, 0.4) is 0 Å². The van der Waals surface area contributed by atoms with Gasteiger partial charge in [0, 0.05) is 6.04 Å². The summed E-state index contributed by atoms with van der Waals surface area (Å²) in [5.41, 5.74) is 7.07. The van der Waals surface area contributed by atoms with Crippen LogP contribution in [0.2, 0.25) is 0 Å². The molecule has 1 aromatic carbocycles. The molecular formula is C15H21N3O2. The first-order valence-corrected chi connectivity index (χ1v) is 6.83. The molecule has 1 aromatic heterocycles. The molecule has 5 nitrogen and oxygen atoms in total. The number of imidazole rings is 1. The van der Waals surface area contributed by atoms with Gasteiger partial charge in [0.25, 0.3) is 0 Å². The van der Waals surface area contributed by atoms with Gasteiger partial charge in [0.1, 0.15) is 5.54 Å². The molecule has 0 fully saturated rings. The maximum absolute atomic E-state index is 11.9. The van der Waals surface area contributed by atoms with Crippen LogP contribution in [0.25, 0.3) is 11.0 Å². The molecule has 0 saturated carbocycles. The van der Waals surface area contributed by atoms with Crippen molar-refractivity contribution in [3.8, 4) is 0 Å². The van der Waals surface area contributed by atoms with Gasteiger partial charge < -0.3 is 15.0 Å². The van der Waals surface area contributed by atoms with E-state index >= 15 is 0 Å². The molecule has 2 N–H and O–H groups in total. The minimum atomic E-state index is -0.999. The first-order chi connectivity index (χ1) is 9.45. The zero-order valence-electron chi connectivity index (χ0n) is 12.2. The zero-order chi connectivity index (χ0) is 14.8. The second-order valence-corrected chi connectivity index (χ2v) is 5.33. The highest BCUT2D eigenvalue weighted by atomic mass is 16.5. The number of carbonyl (C=O) groups is 1. The van der Waals surface area contributed by atoms with Crippen molar-refractivity contribution in [2.45, 2.75) is 38.8 Å². The van der Waals surface area contributed by atoms with Crippen molar-refractivity contribution in [3.05, 3.63) is 30.6 Å². The van der Waals surface area contributed by atoms with Gasteiger partial charge in [0.2, 0.25) is 0 Å². The number of hydrogen-bond acceptors (Lipinski definition) is 4. The minimum Gasteiger partial charge on any atom is -0.465 e. The van der Waals surface area contributed by atoms with Gasteiger partial charge in [-0.05, 0) is 39.3 Å². The number of aromatic nitrogens is 2. The summed E-state index contributed by atoms with van der Waals surface area (Å²) >= 11 is 0. The number of carbonyl (C=O) groups excluding carboxylic acids is 1. The van der Waals surface area contributed by atoms with Crippen LogP contribution >= 0.6 is 0 Å². The van der Waals surface area contributed by atoms with Crippen LogP contribution in [-0.2, 0) is 9.53 Å². The molecule has 1 heterocycles. The van der Waals surface area contributed by atoms with Crippen molar-refractivity contribution in [1.82, 2.24) is 9.55 Å². The summed E-state index contributed by atoms with van der Waals surface area (Å²) in [7, 11) is 0. The highest BCUT2D eigenvalue weighted by molar-refractivity contribution is 5.80. The highest BCUT2D eigenvalue weighted by Gasteiger charge is 2.32. The smallest absolute Gasteiger partial charge is 0.325 e. The molecule has 0 spiro atoms. The predicted molar refractivity (Wildman–Crippen MR) is 78.3 cm³/mol. The maximum atomic E-state index is 11.9. The quantitative estimate of drug-likeness (QED) is 0.850. The Morgan fingerprint density at radius 3 is 2.90 bits per heavy atom.